The molecule has 0 aliphatic carbocycles. The largest absolute Gasteiger partial charge is 0.371 e. The van der Waals surface area contributed by atoms with Crippen molar-refractivity contribution in [3.63, 3.8) is 0 Å². The first-order valence-corrected chi connectivity index (χ1v) is 9.54. The Kier molecular flexibility index (Phi) is 6.43. The predicted molar refractivity (Wildman–Crippen MR) is 96.5 cm³/mol. The van der Waals surface area contributed by atoms with Gasteiger partial charge >= 0.3 is 0 Å². The molecule has 1 fully saturated rings. The van der Waals surface area contributed by atoms with Crippen LogP contribution in [0, 0.1) is 0 Å². The molecule has 0 unspecified atom stereocenters. The normalized spacial score (nSPS) is 17.2. The number of hydrogen-bond donors (Lipinski definition) is 1. The number of piperidine rings is 1. The molecule has 118 valence electrons. The number of para-hydroxylation sites is 1. The third-order valence-electron chi connectivity index (χ3n) is 5.05. The summed E-state index contributed by atoms with van der Waals surface area (Å²) in [5, 5.41) is 3.84. The van der Waals surface area contributed by atoms with Crippen LogP contribution in [0.5, 0.6) is 0 Å². The van der Waals surface area contributed by atoms with Crippen LogP contribution in [0.1, 0.15) is 39.5 Å². The summed E-state index contributed by atoms with van der Waals surface area (Å²) in [4.78, 5) is 2.51. The van der Waals surface area contributed by atoms with Gasteiger partial charge in [0.15, 0.2) is 0 Å². The summed E-state index contributed by atoms with van der Waals surface area (Å²) in [6, 6.07) is 11.5. The fourth-order valence-corrected chi connectivity index (χ4v) is 3.98. The van der Waals surface area contributed by atoms with Crippen molar-refractivity contribution in [3.8, 4) is 0 Å². The van der Waals surface area contributed by atoms with Crippen LogP contribution in [0.4, 0.5) is 5.69 Å². The van der Waals surface area contributed by atoms with Crippen LogP contribution in [0.15, 0.2) is 30.3 Å². The Morgan fingerprint density at radius 3 is 2.29 bits per heavy atom. The number of benzene rings is 1. The van der Waals surface area contributed by atoms with E-state index in [1.807, 2.05) is 11.8 Å². The van der Waals surface area contributed by atoms with Crippen LogP contribution in [0.3, 0.4) is 0 Å². The lowest BCUT2D eigenvalue weighted by Gasteiger charge is -2.37. The Morgan fingerprint density at radius 1 is 1.14 bits per heavy atom. The van der Waals surface area contributed by atoms with Gasteiger partial charge in [0.05, 0.1) is 0 Å². The number of anilines is 1. The summed E-state index contributed by atoms with van der Waals surface area (Å²) in [5.74, 6) is 0. The molecule has 1 aliphatic heterocycles. The van der Waals surface area contributed by atoms with Crippen molar-refractivity contribution >= 4 is 17.4 Å². The molecule has 1 aliphatic rings. The van der Waals surface area contributed by atoms with Crippen molar-refractivity contribution in [1.29, 1.82) is 0 Å². The van der Waals surface area contributed by atoms with Crippen LogP contribution in [-0.4, -0.2) is 36.7 Å². The van der Waals surface area contributed by atoms with Crippen molar-refractivity contribution in [2.75, 3.05) is 30.8 Å². The van der Waals surface area contributed by atoms with E-state index in [9.17, 15) is 0 Å². The van der Waals surface area contributed by atoms with Gasteiger partial charge in [0.1, 0.15) is 0 Å². The highest BCUT2D eigenvalue weighted by atomic mass is 32.2. The standard InChI is InChI=1S/C18H30N2S/c1-4-18(5-2,21-3)15-19-16-11-13-20(14-12-16)17-9-7-6-8-10-17/h6-10,16,19H,4-5,11-15H2,1-3H3. The third kappa shape index (κ3) is 4.40. The number of hydrogen-bond acceptors (Lipinski definition) is 3. The molecule has 1 aromatic rings. The molecule has 0 saturated carbocycles. The second-order valence-corrected chi connectivity index (χ2v) is 7.35. The summed E-state index contributed by atoms with van der Waals surface area (Å²) in [6.07, 6.45) is 7.27. The fraction of sp³-hybridized carbons (Fsp3) is 0.667. The van der Waals surface area contributed by atoms with Crippen molar-refractivity contribution in [2.45, 2.75) is 50.3 Å². The SMILES string of the molecule is CCC(CC)(CNC1CCN(c2ccccc2)CC1)SC. The quantitative estimate of drug-likeness (QED) is 0.814. The van der Waals surface area contributed by atoms with Gasteiger partial charge in [0.25, 0.3) is 0 Å². The maximum atomic E-state index is 3.84. The molecule has 2 nitrogen and oxygen atoms in total. The van der Waals surface area contributed by atoms with Crippen LogP contribution in [0.25, 0.3) is 0 Å². The molecular weight excluding hydrogens is 276 g/mol. The van der Waals surface area contributed by atoms with Crippen molar-refractivity contribution < 1.29 is 0 Å². The van der Waals surface area contributed by atoms with Crippen LogP contribution in [0.2, 0.25) is 0 Å². The van der Waals surface area contributed by atoms with Gasteiger partial charge in [-0.15, -0.1) is 0 Å². The number of rotatable bonds is 7. The van der Waals surface area contributed by atoms with Gasteiger partial charge in [-0.2, -0.15) is 11.8 Å². The van der Waals surface area contributed by atoms with E-state index in [1.54, 1.807) is 0 Å². The van der Waals surface area contributed by atoms with E-state index >= 15 is 0 Å². The molecule has 1 N–H and O–H groups in total. The van der Waals surface area contributed by atoms with Crippen LogP contribution in [-0.2, 0) is 0 Å². The molecule has 21 heavy (non-hydrogen) atoms. The molecule has 1 heterocycles. The maximum absolute atomic E-state index is 3.84. The lowest BCUT2D eigenvalue weighted by molar-refractivity contribution is 0.382. The second-order valence-electron chi connectivity index (χ2n) is 6.07. The zero-order valence-electron chi connectivity index (χ0n) is 13.8. The molecule has 0 radical (unpaired) electrons. The summed E-state index contributed by atoms with van der Waals surface area (Å²) in [7, 11) is 0. The van der Waals surface area contributed by atoms with E-state index in [0.717, 1.165) is 6.54 Å². The molecule has 0 atom stereocenters. The molecule has 1 saturated heterocycles. The van der Waals surface area contributed by atoms with Gasteiger partial charge in [-0.25, -0.2) is 0 Å². The summed E-state index contributed by atoms with van der Waals surface area (Å²) >= 11 is 2.03. The van der Waals surface area contributed by atoms with Gasteiger partial charge in [-0.05, 0) is 44.1 Å². The molecular formula is C18H30N2S. The lowest BCUT2D eigenvalue weighted by Crippen LogP contribution is -2.47. The minimum atomic E-state index is 0.427. The van der Waals surface area contributed by atoms with Crippen molar-refractivity contribution in [2.24, 2.45) is 0 Å². The van der Waals surface area contributed by atoms with Crippen molar-refractivity contribution in [1.82, 2.24) is 5.32 Å². The van der Waals surface area contributed by atoms with E-state index in [1.165, 1.54) is 44.5 Å². The summed E-state index contributed by atoms with van der Waals surface area (Å²) in [6.45, 7) is 8.13. The highest BCUT2D eigenvalue weighted by Crippen LogP contribution is 2.30. The maximum Gasteiger partial charge on any atom is 0.0366 e. The van der Waals surface area contributed by atoms with Gasteiger partial charge in [0, 0.05) is 36.1 Å². The summed E-state index contributed by atoms with van der Waals surface area (Å²) in [5.41, 5.74) is 1.37. The highest BCUT2D eigenvalue weighted by molar-refractivity contribution is 8.00. The fourth-order valence-electron chi connectivity index (χ4n) is 3.17. The van der Waals surface area contributed by atoms with E-state index in [-0.39, 0.29) is 0 Å². The van der Waals surface area contributed by atoms with Crippen LogP contribution < -0.4 is 10.2 Å². The lowest BCUT2D eigenvalue weighted by atomic mass is 9.99. The minimum Gasteiger partial charge on any atom is -0.371 e. The molecule has 1 aromatic carbocycles. The Balaban J connectivity index is 1.79. The molecule has 0 aromatic heterocycles. The van der Waals surface area contributed by atoms with Gasteiger partial charge < -0.3 is 10.2 Å². The minimum absolute atomic E-state index is 0.427. The Bertz CT molecular complexity index is 387. The Morgan fingerprint density at radius 2 is 1.76 bits per heavy atom. The van der Waals surface area contributed by atoms with Crippen LogP contribution >= 0.6 is 11.8 Å². The first kappa shape index (κ1) is 16.7. The number of nitrogens with zero attached hydrogens (tertiary/aromatic N) is 1. The van der Waals surface area contributed by atoms with Gasteiger partial charge in [0.2, 0.25) is 0 Å². The smallest absolute Gasteiger partial charge is 0.0366 e. The topological polar surface area (TPSA) is 15.3 Å². The molecule has 2 rings (SSSR count). The first-order valence-electron chi connectivity index (χ1n) is 8.31. The third-order valence-corrected chi connectivity index (χ3v) is 6.64. The van der Waals surface area contributed by atoms with E-state index < -0.39 is 0 Å². The van der Waals surface area contributed by atoms with Gasteiger partial charge in [-0.3, -0.25) is 0 Å². The predicted octanol–water partition coefficient (Wildman–Crippen LogP) is 4.17. The molecule has 3 heteroatoms. The average Bonchev–Trinajstić information content (AvgIpc) is 2.58. The Labute approximate surface area is 134 Å². The van der Waals surface area contributed by atoms with Crippen molar-refractivity contribution in [3.05, 3.63) is 30.3 Å². The molecule has 0 amide bonds. The second kappa shape index (κ2) is 8.09. The summed E-state index contributed by atoms with van der Waals surface area (Å²) < 4.78 is 0.427. The first-order chi connectivity index (χ1) is 10.2. The molecule has 0 spiro atoms. The number of thioether (sulfide) groups is 1. The van der Waals surface area contributed by atoms with E-state index in [4.69, 9.17) is 0 Å². The zero-order chi connectivity index (χ0) is 15.1. The zero-order valence-corrected chi connectivity index (χ0v) is 14.6. The Hall–Kier alpha value is -0.670. The van der Waals surface area contributed by atoms with E-state index in [2.05, 4.69) is 60.7 Å². The average molecular weight is 307 g/mol. The number of nitrogens with one attached hydrogen (secondary N) is 1. The monoisotopic (exact) mass is 306 g/mol. The van der Waals surface area contributed by atoms with E-state index in [0.29, 0.717) is 10.8 Å². The van der Waals surface area contributed by atoms with Gasteiger partial charge in [-0.1, -0.05) is 32.0 Å². The molecule has 0 bridgehead atoms. The highest BCUT2D eigenvalue weighted by Gasteiger charge is 2.27.